The first-order valence-corrected chi connectivity index (χ1v) is 8.41. The lowest BCUT2D eigenvalue weighted by molar-refractivity contribution is 0.636. The predicted molar refractivity (Wildman–Crippen MR) is 89.0 cm³/mol. The van der Waals surface area contributed by atoms with Gasteiger partial charge < -0.3 is 10.2 Å². The minimum atomic E-state index is 0.287. The lowest BCUT2D eigenvalue weighted by atomic mass is 10.0. The van der Waals surface area contributed by atoms with Crippen LogP contribution < -0.4 is 10.2 Å². The van der Waals surface area contributed by atoms with Gasteiger partial charge in [-0.3, -0.25) is 0 Å². The van der Waals surface area contributed by atoms with Crippen LogP contribution in [-0.4, -0.2) is 40.1 Å². The molecule has 2 heterocycles. The number of hydrogen-bond donors (Lipinski definition) is 1. The highest BCUT2D eigenvalue weighted by molar-refractivity contribution is 8.00. The molecule has 0 spiro atoms. The van der Waals surface area contributed by atoms with E-state index in [1.807, 2.05) is 11.8 Å². The Balaban J connectivity index is 2.37. The molecule has 20 heavy (non-hydrogen) atoms. The second-order valence-corrected chi connectivity index (χ2v) is 7.98. The summed E-state index contributed by atoms with van der Waals surface area (Å²) >= 11 is 2.05. The number of hydrogen-bond acceptors (Lipinski definition) is 5. The fourth-order valence-corrected chi connectivity index (χ4v) is 3.79. The van der Waals surface area contributed by atoms with Crippen LogP contribution in [0.4, 0.5) is 11.6 Å². The smallest absolute Gasteiger partial charge is 0.137 e. The molecule has 4 nitrogen and oxygen atoms in total. The topological polar surface area (TPSA) is 41.1 Å². The molecular formula is C15H26N4S. The van der Waals surface area contributed by atoms with Crippen LogP contribution in [0.3, 0.4) is 0 Å². The van der Waals surface area contributed by atoms with Gasteiger partial charge in [0.15, 0.2) is 0 Å². The summed E-state index contributed by atoms with van der Waals surface area (Å²) in [5.41, 5.74) is 1.25. The van der Waals surface area contributed by atoms with E-state index < -0.39 is 0 Å². The van der Waals surface area contributed by atoms with Gasteiger partial charge in [-0.15, -0.1) is 0 Å². The van der Waals surface area contributed by atoms with Crippen LogP contribution in [0.5, 0.6) is 0 Å². The van der Waals surface area contributed by atoms with Crippen molar-refractivity contribution in [3.63, 3.8) is 0 Å². The van der Waals surface area contributed by atoms with Crippen molar-refractivity contribution in [2.75, 3.05) is 35.6 Å². The van der Waals surface area contributed by atoms with Crippen molar-refractivity contribution in [3.05, 3.63) is 11.9 Å². The number of thioether (sulfide) groups is 1. The second kappa shape index (κ2) is 6.20. The zero-order chi connectivity index (χ0) is 14.8. The van der Waals surface area contributed by atoms with Gasteiger partial charge in [0.1, 0.15) is 18.0 Å². The summed E-state index contributed by atoms with van der Waals surface area (Å²) in [7, 11) is 0. The zero-order valence-electron chi connectivity index (χ0n) is 13.2. The Morgan fingerprint density at radius 1 is 1.40 bits per heavy atom. The molecule has 1 fully saturated rings. The van der Waals surface area contributed by atoms with E-state index in [9.17, 15) is 0 Å². The van der Waals surface area contributed by atoms with Crippen molar-refractivity contribution in [2.45, 2.75) is 45.3 Å². The number of aromatic nitrogens is 2. The molecule has 1 aliphatic rings. The monoisotopic (exact) mass is 294 g/mol. The summed E-state index contributed by atoms with van der Waals surface area (Å²) in [6.45, 7) is 14.1. The van der Waals surface area contributed by atoms with Gasteiger partial charge in [-0.1, -0.05) is 13.8 Å². The van der Waals surface area contributed by atoms with E-state index in [0.29, 0.717) is 5.92 Å². The second-order valence-electron chi connectivity index (χ2n) is 6.17. The number of nitrogens with one attached hydrogen (secondary N) is 1. The highest BCUT2D eigenvalue weighted by Crippen LogP contribution is 2.36. The molecule has 0 aromatic carbocycles. The van der Waals surface area contributed by atoms with E-state index in [1.165, 1.54) is 5.56 Å². The molecule has 1 aromatic heterocycles. The van der Waals surface area contributed by atoms with E-state index >= 15 is 0 Å². The molecule has 2 rings (SSSR count). The summed E-state index contributed by atoms with van der Waals surface area (Å²) in [5.74, 6) is 3.67. The highest BCUT2D eigenvalue weighted by Gasteiger charge is 2.30. The van der Waals surface area contributed by atoms with Gasteiger partial charge in [0.25, 0.3) is 0 Å². The van der Waals surface area contributed by atoms with E-state index in [0.717, 1.165) is 37.0 Å². The van der Waals surface area contributed by atoms with E-state index in [-0.39, 0.29) is 4.75 Å². The molecule has 0 radical (unpaired) electrons. The predicted octanol–water partition coefficient (Wildman–Crippen LogP) is 3.36. The van der Waals surface area contributed by atoms with Gasteiger partial charge in [0, 0.05) is 35.7 Å². The fraction of sp³-hybridized carbons (Fsp3) is 0.733. The zero-order valence-corrected chi connectivity index (χ0v) is 14.0. The standard InChI is InChI=1S/C15H26N4S/c1-6-16-13-12(11(2)3)14(18-10-17-13)19-7-8-20-15(4,5)9-19/h10-11H,6-9H2,1-5H3,(H,16,17,18). The van der Waals surface area contributed by atoms with E-state index in [4.69, 9.17) is 0 Å². The van der Waals surface area contributed by atoms with Gasteiger partial charge in [-0.05, 0) is 26.7 Å². The molecule has 0 saturated carbocycles. The quantitative estimate of drug-likeness (QED) is 0.922. The molecule has 0 bridgehead atoms. The van der Waals surface area contributed by atoms with Gasteiger partial charge in [0.05, 0.1) is 0 Å². The van der Waals surface area contributed by atoms with Crippen LogP contribution >= 0.6 is 11.8 Å². The molecule has 0 amide bonds. The molecule has 0 aliphatic carbocycles. The van der Waals surface area contributed by atoms with Crippen molar-refractivity contribution >= 4 is 23.4 Å². The lowest BCUT2D eigenvalue weighted by Crippen LogP contribution is -2.44. The number of nitrogens with zero attached hydrogens (tertiary/aromatic N) is 3. The third kappa shape index (κ3) is 3.37. The normalized spacial score (nSPS) is 18.4. The van der Waals surface area contributed by atoms with Crippen molar-refractivity contribution in [1.29, 1.82) is 0 Å². The minimum absolute atomic E-state index is 0.287. The highest BCUT2D eigenvalue weighted by atomic mass is 32.2. The van der Waals surface area contributed by atoms with E-state index in [1.54, 1.807) is 6.33 Å². The first-order chi connectivity index (χ1) is 9.44. The maximum absolute atomic E-state index is 4.60. The summed E-state index contributed by atoms with van der Waals surface area (Å²) in [6, 6.07) is 0. The molecular weight excluding hydrogens is 268 g/mol. The van der Waals surface area contributed by atoms with Gasteiger partial charge in [-0.2, -0.15) is 11.8 Å². The van der Waals surface area contributed by atoms with Crippen LogP contribution in [0.25, 0.3) is 0 Å². The molecule has 1 aromatic rings. The Morgan fingerprint density at radius 3 is 2.75 bits per heavy atom. The van der Waals surface area contributed by atoms with Crippen LogP contribution in [0.15, 0.2) is 6.33 Å². The summed E-state index contributed by atoms with van der Waals surface area (Å²) < 4.78 is 0.287. The SMILES string of the molecule is CCNc1ncnc(N2CCSC(C)(C)C2)c1C(C)C. The van der Waals surface area contributed by atoms with Crippen LogP contribution in [0.1, 0.15) is 46.1 Å². The maximum Gasteiger partial charge on any atom is 0.137 e. The van der Waals surface area contributed by atoms with Gasteiger partial charge in [-0.25, -0.2) is 9.97 Å². The average molecular weight is 294 g/mol. The largest absolute Gasteiger partial charge is 0.370 e. The van der Waals surface area contributed by atoms with Crippen LogP contribution in [0.2, 0.25) is 0 Å². The summed E-state index contributed by atoms with van der Waals surface area (Å²) in [5, 5.41) is 3.37. The number of rotatable bonds is 4. The van der Waals surface area contributed by atoms with Crippen LogP contribution in [-0.2, 0) is 0 Å². The molecule has 0 unspecified atom stereocenters. The molecule has 1 saturated heterocycles. The molecule has 0 atom stereocenters. The third-order valence-electron chi connectivity index (χ3n) is 3.51. The maximum atomic E-state index is 4.60. The average Bonchev–Trinajstić information content (AvgIpc) is 2.37. The fourth-order valence-electron chi connectivity index (χ4n) is 2.68. The lowest BCUT2D eigenvalue weighted by Gasteiger charge is -2.39. The Labute approximate surface area is 126 Å². The van der Waals surface area contributed by atoms with Crippen molar-refractivity contribution in [3.8, 4) is 0 Å². The van der Waals surface area contributed by atoms with Crippen molar-refractivity contribution in [1.82, 2.24) is 9.97 Å². The molecule has 5 heteroatoms. The Morgan fingerprint density at radius 2 is 2.15 bits per heavy atom. The van der Waals surface area contributed by atoms with Crippen LogP contribution in [0, 0.1) is 0 Å². The Kier molecular flexibility index (Phi) is 4.78. The Hall–Kier alpha value is -0.970. The first kappa shape index (κ1) is 15.4. The van der Waals surface area contributed by atoms with Gasteiger partial charge in [0.2, 0.25) is 0 Å². The molecule has 1 aliphatic heterocycles. The summed E-state index contributed by atoms with van der Waals surface area (Å²) in [4.78, 5) is 11.5. The molecule has 112 valence electrons. The van der Waals surface area contributed by atoms with E-state index in [2.05, 4.69) is 54.8 Å². The minimum Gasteiger partial charge on any atom is -0.370 e. The molecule has 1 N–H and O–H groups in total. The Bertz CT molecular complexity index is 459. The summed E-state index contributed by atoms with van der Waals surface area (Å²) in [6.07, 6.45) is 1.69. The van der Waals surface area contributed by atoms with Gasteiger partial charge >= 0.3 is 0 Å². The van der Waals surface area contributed by atoms with Crippen molar-refractivity contribution < 1.29 is 0 Å². The number of anilines is 2. The third-order valence-corrected chi connectivity index (χ3v) is 4.81. The first-order valence-electron chi connectivity index (χ1n) is 7.42. The van der Waals surface area contributed by atoms with Crippen molar-refractivity contribution in [2.24, 2.45) is 0 Å².